The second-order valence-electron chi connectivity index (χ2n) is 17.9. The van der Waals surface area contributed by atoms with Gasteiger partial charge in [0.2, 0.25) is 0 Å². The van der Waals surface area contributed by atoms with Gasteiger partial charge in [-0.05, 0) is 64.2 Å². The first kappa shape index (κ1) is 52.1. The second kappa shape index (κ2) is 25.1. The molecule has 3 aliphatic rings. The van der Waals surface area contributed by atoms with E-state index in [0.717, 1.165) is 0 Å². The number of hydrogen-bond acceptors (Lipinski definition) is 13. The highest BCUT2D eigenvalue weighted by Gasteiger charge is 2.44. The van der Waals surface area contributed by atoms with Crippen LogP contribution in [0.4, 0.5) is 0 Å². The summed E-state index contributed by atoms with van der Waals surface area (Å²) in [6.45, 7) is 5.13. The van der Waals surface area contributed by atoms with Gasteiger partial charge in [-0.15, -0.1) is 0 Å². The van der Waals surface area contributed by atoms with Gasteiger partial charge in [0.05, 0.1) is 71.4 Å². The minimum Gasteiger partial charge on any atom is -0.481 e. The summed E-state index contributed by atoms with van der Waals surface area (Å²) >= 11 is 0. The molecule has 352 valence electrons. The first-order valence-corrected chi connectivity index (χ1v) is 22.6. The fourth-order valence-corrected chi connectivity index (χ4v) is 9.22. The molecule has 9 unspecified atom stereocenters. The number of carbonyl (C=O) groups excluding carboxylic acids is 4. The maximum Gasteiger partial charge on any atom is 0.309 e. The standard InChI is InChI=1S/C45H70O17/c1-5-15-29(36(46)47)28(6-2)40(54)59-24-44(7-3,25-60-41(55)33-19-12-9-16-30(33)37(48)49)22-58-23-45(8-4,26-61-42(56)34-20-13-10-17-31(34)38(50)51)27-62-43(57)35-21-14-11-18-32(35)39(52)53/h28-35H,5-27H2,1-4H3,(H,46,47)(H,48,49)(H,50,51)(H,52,53). The zero-order chi connectivity index (χ0) is 46.0. The van der Waals surface area contributed by atoms with Gasteiger partial charge in [-0.25, -0.2) is 0 Å². The molecule has 0 aliphatic heterocycles. The van der Waals surface area contributed by atoms with Crippen LogP contribution in [0.2, 0.25) is 0 Å². The van der Waals surface area contributed by atoms with Crippen LogP contribution >= 0.6 is 0 Å². The normalized spacial score (nSPS) is 25.7. The van der Waals surface area contributed by atoms with Crippen LogP contribution in [-0.2, 0) is 62.0 Å². The van der Waals surface area contributed by atoms with Crippen LogP contribution in [-0.4, -0.2) is 108 Å². The molecule has 17 heteroatoms. The molecule has 62 heavy (non-hydrogen) atoms. The van der Waals surface area contributed by atoms with Gasteiger partial charge in [0.25, 0.3) is 0 Å². The molecule has 9 atom stereocenters. The van der Waals surface area contributed by atoms with Crippen molar-refractivity contribution in [2.24, 2.45) is 58.2 Å². The van der Waals surface area contributed by atoms with Crippen LogP contribution in [0.5, 0.6) is 0 Å². The molecule has 3 aliphatic carbocycles. The summed E-state index contributed by atoms with van der Waals surface area (Å²) < 4.78 is 29.6. The molecule has 0 spiro atoms. The van der Waals surface area contributed by atoms with Gasteiger partial charge in [0.15, 0.2) is 0 Å². The van der Waals surface area contributed by atoms with E-state index in [-0.39, 0.29) is 65.3 Å². The SMILES string of the molecule is CCCC(C(=O)O)C(CC)C(=O)OCC(CC)(COCC(CC)(COC(=O)C1CCCCC1C(=O)O)COC(=O)C1CCCCC1C(=O)O)COC(=O)C1CCCCC1C(=O)O. The van der Waals surface area contributed by atoms with E-state index in [1.807, 2.05) is 6.92 Å². The van der Waals surface area contributed by atoms with Gasteiger partial charge in [-0.3, -0.25) is 38.4 Å². The summed E-state index contributed by atoms with van der Waals surface area (Å²) in [7, 11) is 0. The Morgan fingerprint density at radius 1 is 0.468 bits per heavy atom. The van der Waals surface area contributed by atoms with Gasteiger partial charge in [0, 0.05) is 0 Å². The Kier molecular flexibility index (Phi) is 21.1. The van der Waals surface area contributed by atoms with Crippen molar-refractivity contribution in [2.75, 3.05) is 39.6 Å². The Morgan fingerprint density at radius 2 is 0.790 bits per heavy atom. The topological polar surface area (TPSA) is 264 Å². The molecule has 0 aromatic carbocycles. The molecule has 3 rings (SSSR count). The van der Waals surface area contributed by atoms with Crippen LogP contribution < -0.4 is 0 Å². The van der Waals surface area contributed by atoms with Crippen molar-refractivity contribution in [1.82, 2.24) is 0 Å². The van der Waals surface area contributed by atoms with Crippen molar-refractivity contribution in [2.45, 2.75) is 137 Å². The Labute approximate surface area is 364 Å². The predicted molar refractivity (Wildman–Crippen MR) is 219 cm³/mol. The maximum atomic E-state index is 13.6. The number of ether oxygens (including phenoxy) is 5. The smallest absolute Gasteiger partial charge is 0.309 e. The molecule has 0 saturated heterocycles. The first-order chi connectivity index (χ1) is 29.5. The fraction of sp³-hybridized carbons (Fsp3) is 0.822. The first-order valence-electron chi connectivity index (χ1n) is 22.6. The van der Waals surface area contributed by atoms with E-state index in [1.54, 1.807) is 20.8 Å². The van der Waals surface area contributed by atoms with Crippen LogP contribution in [0.15, 0.2) is 0 Å². The summed E-state index contributed by atoms with van der Waals surface area (Å²) in [4.78, 5) is 102. The van der Waals surface area contributed by atoms with Crippen molar-refractivity contribution >= 4 is 47.8 Å². The average Bonchev–Trinajstić information content (AvgIpc) is 3.27. The maximum absolute atomic E-state index is 13.6. The summed E-state index contributed by atoms with van der Waals surface area (Å²) in [6.07, 6.45) is 7.23. The molecule has 0 bridgehead atoms. The van der Waals surface area contributed by atoms with Gasteiger partial charge >= 0.3 is 47.8 Å². The molecule has 3 fully saturated rings. The third kappa shape index (κ3) is 14.4. The van der Waals surface area contributed by atoms with E-state index in [0.29, 0.717) is 83.5 Å². The monoisotopic (exact) mass is 882 g/mol. The molecular formula is C45H70O17. The highest BCUT2D eigenvalue weighted by Crippen LogP contribution is 2.37. The lowest BCUT2D eigenvalue weighted by Crippen LogP contribution is -2.45. The summed E-state index contributed by atoms with van der Waals surface area (Å²) in [6, 6.07) is 0. The van der Waals surface area contributed by atoms with Crippen LogP contribution in [0.25, 0.3) is 0 Å². The molecule has 0 heterocycles. The Balaban J connectivity index is 1.91. The lowest BCUT2D eigenvalue weighted by atomic mass is 9.79. The van der Waals surface area contributed by atoms with Crippen molar-refractivity contribution in [3.8, 4) is 0 Å². The lowest BCUT2D eigenvalue weighted by molar-refractivity contribution is -0.175. The van der Waals surface area contributed by atoms with Gasteiger partial charge in [-0.2, -0.15) is 0 Å². The third-order valence-corrected chi connectivity index (χ3v) is 13.7. The van der Waals surface area contributed by atoms with Crippen LogP contribution in [0, 0.1) is 58.2 Å². The molecule has 3 saturated carbocycles. The minimum atomic E-state index is -1.24. The zero-order valence-electron chi connectivity index (χ0n) is 37.0. The molecule has 0 aromatic heterocycles. The fourth-order valence-electron chi connectivity index (χ4n) is 9.22. The van der Waals surface area contributed by atoms with Crippen molar-refractivity contribution < 1.29 is 82.5 Å². The number of carboxylic acids is 4. The molecule has 4 N–H and O–H groups in total. The number of carboxylic acid groups (broad SMARTS) is 4. The highest BCUT2D eigenvalue weighted by atomic mass is 16.6. The summed E-state index contributed by atoms with van der Waals surface area (Å²) in [5.74, 6) is -14.7. The van der Waals surface area contributed by atoms with E-state index < -0.39 is 106 Å². The Bertz CT molecular complexity index is 1490. The van der Waals surface area contributed by atoms with E-state index in [1.165, 1.54) is 0 Å². The second-order valence-corrected chi connectivity index (χ2v) is 17.9. The molecule has 0 amide bonds. The predicted octanol–water partition coefficient (Wildman–Crippen LogP) is 6.17. The number of esters is 4. The number of rotatable bonds is 26. The van der Waals surface area contributed by atoms with Crippen molar-refractivity contribution in [3.05, 3.63) is 0 Å². The van der Waals surface area contributed by atoms with Crippen LogP contribution in [0.1, 0.15) is 137 Å². The lowest BCUT2D eigenvalue weighted by Gasteiger charge is -2.37. The Hall–Kier alpha value is -4.28. The summed E-state index contributed by atoms with van der Waals surface area (Å²) in [5.41, 5.74) is -2.46. The van der Waals surface area contributed by atoms with E-state index in [9.17, 15) is 58.8 Å². The third-order valence-electron chi connectivity index (χ3n) is 13.7. The number of aliphatic carboxylic acids is 4. The highest BCUT2D eigenvalue weighted by molar-refractivity contribution is 5.83. The largest absolute Gasteiger partial charge is 0.481 e. The number of carbonyl (C=O) groups is 8. The molecule has 0 aromatic rings. The van der Waals surface area contributed by atoms with E-state index in [2.05, 4.69) is 0 Å². The van der Waals surface area contributed by atoms with Crippen LogP contribution in [0.3, 0.4) is 0 Å². The molecule has 0 radical (unpaired) electrons. The van der Waals surface area contributed by atoms with Gasteiger partial charge in [0.1, 0.15) is 26.4 Å². The van der Waals surface area contributed by atoms with Gasteiger partial charge in [-0.1, -0.05) is 72.6 Å². The van der Waals surface area contributed by atoms with Crippen molar-refractivity contribution in [3.63, 3.8) is 0 Å². The minimum absolute atomic E-state index is 0.192. The van der Waals surface area contributed by atoms with Gasteiger partial charge < -0.3 is 44.1 Å². The Morgan fingerprint density at radius 3 is 1.06 bits per heavy atom. The number of hydrogen-bond donors (Lipinski definition) is 4. The molecular weight excluding hydrogens is 812 g/mol. The average molecular weight is 883 g/mol. The quantitative estimate of drug-likeness (QED) is 0.0559. The van der Waals surface area contributed by atoms with E-state index >= 15 is 0 Å². The zero-order valence-corrected chi connectivity index (χ0v) is 37.0. The molecule has 17 nitrogen and oxygen atoms in total. The summed E-state index contributed by atoms with van der Waals surface area (Å²) in [5, 5.41) is 39.4. The van der Waals surface area contributed by atoms with Crippen molar-refractivity contribution in [1.29, 1.82) is 0 Å². The van der Waals surface area contributed by atoms with E-state index in [4.69, 9.17) is 23.7 Å².